The van der Waals surface area contributed by atoms with Gasteiger partial charge < -0.3 is 24.4 Å². The zero-order chi connectivity index (χ0) is 29.1. The fraction of sp³-hybridized carbons (Fsp3) is 0.559. The highest BCUT2D eigenvalue weighted by molar-refractivity contribution is 8.93. The number of carbonyl (C=O) groups excluding carboxylic acids is 1. The fourth-order valence-corrected chi connectivity index (χ4v) is 5.63. The summed E-state index contributed by atoms with van der Waals surface area (Å²) in [5.41, 5.74) is 1.96. The minimum absolute atomic E-state index is 0. The maximum Gasteiger partial charge on any atom is 0.262 e. The molecule has 3 rings (SSSR count). The Morgan fingerprint density at radius 2 is 1.50 bits per heavy atom. The summed E-state index contributed by atoms with van der Waals surface area (Å²) < 4.78 is 17.2. The summed E-state index contributed by atoms with van der Waals surface area (Å²) >= 11 is 1.85. The third-order valence-corrected chi connectivity index (χ3v) is 8.23. The van der Waals surface area contributed by atoms with Crippen molar-refractivity contribution < 1.29 is 19.0 Å². The van der Waals surface area contributed by atoms with Crippen molar-refractivity contribution in [1.82, 2.24) is 4.90 Å². The first-order chi connectivity index (χ1) is 20.1. The van der Waals surface area contributed by atoms with E-state index >= 15 is 0 Å². The van der Waals surface area contributed by atoms with Gasteiger partial charge in [0.1, 0.15) is 5.75 Å². The lowest BCUT2D eigenvalue weighted by atomic mass is 10.1. The molecule has 2 aromatic rings. The summed E-state index contributed by atoms with van der Waals surface area (Å²) in [7, 11) is 1.63. The number of unbranched alkanes of at least 4 members (excludes halogenated alkanes) is 11. The SMILES string of the molecule is Br.CCCCCCCCCCCCCCOc1cc(OCC(=O)Nc2ccc(CN3C=C(C)SC3)cc2)ccc1OC. The Labute approximate surface area is 268 Å². The summed E-state index contributed by atoms with van der Waals surface area (Å²) in [6.45, 7) is 5.82. The maximum absolute atomic E-state index is 12.5. The van der Waals surface area contributed by atoms with Gasteiger partial charge >= 0.3 is 0 Å². The molecular formula is C34H51BrN2O4S. The lowest BCUT2D eigenvalue weighted by Gasteiger charge is -2.15. The first kappa shape index (κ1) is 35.9. The summed E-state index contributed by atoms with van der Waals surface area (Å²) in [6, 6.07) is 13.4. The minimum Gasteiger partial charge on any atom is -0.493 e. The van der Waals surface area contributed by atoms with E-state index in [1.54, 1.807) is 19.2 Å². The van der Waals surface area contributed by atoms with E-state index in [0.29, 0.717) is 23.9 Å². The van der Waals surface area contributed by atoms with E-state index in [4.69, 9.17) is 14.2 Å². The van der Waals surface area contributed by atoms with E-state index in [1.807, 2.05) is 42.1 Å². The van der Waals surface area contributed by atoms with Crippen LogP contribution in [0.5, 0.6) is 17.2 Å². The summed E-state index contributed by atoms with van der Waals surface area (Å²) in [5.74, 6) is 2.67. The number of anilines is 1. The molecule has 1 amide bonds. The molecule has 0 bridgehead atoms. The van der Waals surface area contributed by atoms with Gasteiger partial charge in [0.25, 0.3) is 5.91 Å². The Bertz CT molecular complexity index is 1060. The topological polar surface area (TPSA) is 60.0 Å². The number of nitrogens with one attached hydrogen (secondary N) is 1. The first-order valence-electron chi connectivity index (χ1n) is 15.4. The molecule has 234 valence electrons. The number of methoxy groups -OCH3 is 1. The van der Waals surface area contributed by atoms with Gasteiger partial charge in [0, 0.05) is 24.5 Å². The van der Waals surface area contributed by atoms with Crippen LogP contribution in [-0.2, 0) is 11.3 Å². The molecule has 1 N–H and O–H groups in total. The molecule has 0 spiro atoms. The number of rotatable bonds is 21. The Morgan fingerprint density at radius 1 is 0.857 bits per heavy atom. The number of nitrogens with zero attached hydrogens (tertiary/aromatic N) is 1. The van der Waals surface area contributed by atoms with E-state index in [1.165, 1.54) is 81.1 Å². The fourth-order valence-electron chi connectivity index (χ4n) is 4.87. The second kappa shape index (κ2) is 21.4. The second-order valence-corrected chi connectivity index (χ2v) is 12.0. The predicted molar refractivity (Wildman–Crippen MR) is 182 cm³/mol. The summed E-state index contributed by atoms with van der Waals surface area (Å²) in [6.07, 6.45) is 17.9. The number of hydrogen-bond donors (Lipinski definition) is 1. The molecule has 1 aliphatic rings. The smallest absolute Gasteiger partial charge is 0.262 e. The Hall–Kier alpha value is -2.32. The van der Waals surface area contributed by atoms with Crippen LogP contribution in [0.3, 0.4) is 0 Å². The molecule has 1 aliphatic heterocycles. The molecule has 0 radical (unpaired) electrons. The zero-order valence-corrected chi connectivity index (χ0v) is 28.4. The van der Waals surface area contributed by atoms with Crippen LogP contribution in [0, 0.1) is 0 Å². The largest absolute Gasteiger partial charge is 0.493 e. The van der Waals surface area contributed by atoms with Crippen molar-refractivity contribution in [2.45, 2.75) is 97.4 Å². The molecule has 0 fully saturated rings. The average Bonchev–Trinajstić information content (AvgIpc) is 3.39. The highest BCUT2D eigenvalue weighted by Crippen LogP contribution is 2.32. The van der Waals surface area contributed by atoms with Crippen LogP contribution in [0.1, 0.15) is 96.5 Å². The molecular weight excluding hydrogens is 612 g/mol. The van der Waals surface area contributed by atoms with Crippen LogP contribution in [-0.4, -0.2) is 37.0 Å². The van der Waals surface area contributed by atoms with Gasteiger partial charge in [0.15, 0.2) is 18.1 Å². The normalized spacial score (nSPS) is 12.5. The number of benzene rings is 2. The Balaban J connectivity index is 0.00000616. The van der Waals surface area contributed by atoms with Crippen molar-refractivity contribution in [1.29, 1.82) is 0 Å². The molecule has 0 aromatic heterocycles. The van der Waals surface area contributed by atoms with Gasteiger partial charge in [-0.1, -0.05) is 89.7 Å². The van der Waals surface area contributed by atoms with Gasteiger partial charge in [-0.3, -0.25) is 4.79 Å². The first-order valence-corrected chi connectivity index (χ1v) is 16.4. The predicted octanol–water partition coefficient (Wildman–Crippen LogP) is 9.74. The molecule has 2 aromatic carbocycles. The average molecular weight is 664 g/mol. The van der Waals surface area contributed by atoms with Gasteiger partial charge in [0.05, 0.1) is 19.6 Å². The number of carbonyl (C=O) groups is 1. The molecule has 1 heterocycles. The van der Waals surface area contributed by atoms with Crippen molar-refractivity contribution in [3.8, 4) is 17.2 Å². The van der Waals surface area contributed by atoms with Gasteiger partial charge in [-0.2, -0.15) is 0 Å². The van der Waals surface area contributed by atoms with E-state index in [2.05, 4.69) is 30.3 Å². The third-order valence-electron chi connectivity index (χ3n) is 7.21. The van der Waals surface area contributed by atoms with E-state index in [-0.39, 0.29) is 29.5 Å². The lowest BCUT2D eigenvalue weighted by molar-refractivity contribution is -0.118. The molecule has 0 saturated carbocycles. The number of allylic oxidation sites excluding steroid dienone is 1. The van der Waals surface area contributed by atoms with Crippen LogP contribution < -0.4 is 19.5 Å². The number of hydrogen-bond acceptors (Lipinski definition) is 6. The van der Waals surface area contributed by atoms with Gasteiger partial charge in [-0.15, -0.1) is 28.7 Å². The Kier molecular flexibility index (Phi) is 18.3. The highest BCUT2D eigenvalue weighted by Gasteiger charge is 2.11. The lowest BCUT2D eigenvalue weighted by Crippen LogP contribution is -2.20. The minimum atomic E-state index is -0.206. The monoisotopic (exact) mass is 662 g/mol. The molecule has 0 aliphatic carbocycles. The molecule has 6 nitrogen and oxygen atoms in total. The highest BCUT2D eigenvalue weighted by atomic mass is 79.9. The van der Waals surface area contributed by atoms with Crippen molar-refractivity contribution in [3.63, 3.8) is 0 Å². The van der Waals surface area contributed by atoms with Gasteiger partial charge in [-0.25, -0.2) is 0 Å². The van der Waals surface area contributed by atoms with Crippen LogP contribution in [0.4, 0.5) is 5.69 Å². The molecule has 0 saturated heterocycles. The Morgan fingerprint density at radius 3 is 2.10 bits per heavy atom. The number of ether oxygens (including phenoxy) is 3. The van der Waals surface area contributed by atoms with Crippen LogP contribution >= 0.6 is 28.7 Å². The molecule has 8 heteroatoms. The van der Waals surface area contributed by atoms with Crippen LogP contribution in [0.15, 0.2) is 53.6 Å². The summed E-state index contributed by atoms with van der Waals surface area (Å²) in [5, 5.41) is 2.91. The van der Waals surface area contributed by atoms with Crippen molar-refractivity contribution >= 4 is 40.3 Å². The van der Waals surface area contributed by atoms with Crippen molar-refractivity contribution in [2.24, 2.45) is 0 Å². The van der Waals surface area contributed by atoms with Crippen LogP contribution in [0.2, 0.25) is 0 Å². The number of thioether (sulfide) groups is 1. The van der Waals surface area contributed by atoms with Crippen molar-refractivity contribution in [3.05, 3.63) is 59.1 Å². The van der Waals surface area contributed by atoms with Crippen molar-refractivity contribution in [2.75, 3.05) is 31.5 Å². The summed E-state index contributed by atoms with van der Waals surface area (Å²) in [4.78, 5) is 16.1. The molecule has 0 unspecified atom stereocenters. The zero-order valence-electron chi connectivity index (χ0n) is 25.8. The number of halogens is 1. The van der Waals surface area contributed by atoms with E-state index in [0.717, 1.165) is 24.5 Å². The maximum atomic E-state index is 12.5. The second-order valence-electron chi connectivity index (χ2n) is 10.8. The number of amides is 1. The molecule has 0 atom stereocenters. The van der Waals surface area contributed by atoms with E-state index < -0.39 is 0 Å². The van der Waals surface area contributed by atoms with Gasteiger partial charge in [-0.05, 0) is 48.1 Å². The third kappa shape index (κ3) is 14.2. The quantitative estimate of drug-likeness (QED) is 0.134. The van der Waals surface area contributed by atoms with E-state index in [9.17, 15) is 4.79 Å². The molecule has 42 heavy (non-hydrogen) atoms. The van der Waals surface area contributed by atoms with Gasteiger partial charge in [0.2, 0.25) is 0 Å². The van der Waals surface area contributed by atoms with Crippen LogP contribution in [0.25, 0.3) is 0 Å². The standard InChI is InChI=1S/C34H50N2O4S.BrH/c1-4-5-6-7-8-9-10-11-12-13-14-15-22-39-33-23-31(20-21-32(33)38-3)40-26-34(37)35-30-18-16-29(17-19-30)25-36-24-28(2)41-27-36;/h16-21,23-24H,4-15,22,25-27H2,1-3H3,(H,35,37);1H.